The number of benzene rings is 2. The molecular formula is C17H12BrF2NO3. The largest absolute Gasteiger partial charge is 0.450 e. The molecule has 0 atom stereocenters. The number of fused-ring (bicyclic) bond motifs is 1. The van der Waals surface area contributed by atoms with Gasteiger partial charge in [-0.15, -0.1) is 0 Å². The molecule has 0 bridgehead atoms. The summed E-state index contributed by atoms with van der Waals surface area (Å²) in [6.45, 7) is -2.88. The number of hydrogen-bond donors (Lipinski definition) is 1. The van der Waals surface area contributed by atoms with Gasteiger partial charge in [0.25, 0.3) is 5.91 Å². The van der Waals surface area contributed by atoms with E-state index in [0.717, 1.165) is 9.86 Å². The van der Waals surface area contributed by atoms with E-state index in [0.29, 0.717) is 11.1 Å². The number of para-hydroxylation sites is 2. The molecule has 3 aromatic rings. The maximum Gasteiger partial charge on any atom is 0.387 e. The van der Waals surface area contributed by atoms with Crippen LogP contribution < -0.4 is 10.1 Å². The highest BCUT2D eigenvalue weighted by atomic mass is 79.9. The van der Waals surface area contributed by atoms with E-state index in [9.17, 15) is 13.6 Å². The van der Waals surface area contributed by atoms with E-state index >= 15 is 0 Å². The molecule has 7 heteroatoms. The normalized spacial score (nSPS) is 11.0. The Bertz CT molecular complexity index is 879. The topological polar surface area (TPSA) is 51.5 Å². The number of nitrogens with one attached hydrogen (secondary N) is 1. The Morgan fingerprint density at radius 3 is 2.75 bits per heavy atom. The Morgan fingerprint density at radius 2 is 2.00 bits per heavy atom. The minimum Gasteiger partial charge on any atom is -0.450 e. The van der Waals surface area contributed by atoms with Crippen LogP contribution in [-0.2, 0) is 6.54 Å². The molecule has 0 radical (unpaired) electrons. The van der Waals surface area contributed by atoms with Crippen LogP contribution >= 0.6 is 15.9 Å². The molecule has 0 saturated carbocycles. The van der Waals surface area contributed by atoms with E-state index in [-0.39, 0.29) is 18.1 Å². The third-order valence-electron chi connectivity index (χ3n) is 3.35. The Hall–Kier alpha value is -2.41. The second kappa shape index (κ2) is 7.00. The number of carbonyl (C=O) groups is 1. The van der Waals surface area contributed by atoms with Crippen molar-refractivity contribution in [3.63, 3.8) is 0 Å². The fourth-order valence-electron chi connectivity index (χ4n) is 2.26. The monoisotopic (exact) mass is 395 g/mol. The van der Waals surface area contributed by atoms with Crippen LogP contribution in [0, 0.1) is 0 Å². The molecule has 1 heterocycles. The zero-order valence-electron chi connectivity index (χ0n) is 12.3. The average Bonchev–Trinajstić information content (AvgIpc) is 2.99. The zero-order chi connectivity index (χ0) is 17.1. The van der Waals surface area contributed by atoms with E-state index in [1.165, 1.54) is 6.07 Å². The third-order valence-corrected chi connectivity index (χ3v) is 3.97. The quantitative estimate of drug-likeness (QED) is 0.679. The van der Waals surface area contributed by atoms with Gasteiger partial charge in [-0.25, -0.2) is 0 Å². The lowest BCUT2D eigenvalue weighted by Crippen LogP contribution is -2.22. The standard InChI is InChI=1S/C17H12BrF2NO3/c18-12-6-3-5-10-8-14(23-15(10)12)16(22)21-9-11-4-1-2-7-13(11)24-17(19)20/h1-8,17H,9H2,(H,21,22). The van der Waals surface area contributed by atoms with Crippen molar-refractivity contribution < 1.29 is 22.7 Å². The Morgan fingerprint density at radius 1 is 1.21 bits per heavy atom. The van der Waals surface area contributed by atoms with Crippen LogP contribution in [0.2, 0.25) is 0 Å². The van der Waals surface area contributed by atoms with E-state index in [1.807, 2.05) is 18.2 Å². The number of amides is 1. The number of hydrogen-bond acceptors (Lipinski definition) is 3. The molecule has 124 valence electrons. The van der Waals surface area contributed by atoms with Crippen molar-refractivity contribution in [3.05, 3.63) is 64.3 Å². The van der Waals surface area contributed by atoms with Crippen LogP contribution in [0.15, 0.2) is 57.4 Å². The van der Waals surface area contributed by atoms with Gasteiger partial charge in [0.15, 0.2) is 5.76 Å². The fraction of sp³-hybridized carbons (Fsp3) is 0.118. The maximum absolute atomic E-state index is 12.4. The van der Waals surface area contributed by atoms with E-state index in [2.05, 4.69) is 26.0 Å². The Balaban J connectivity index is 1.74. The summed E-state index contributed by atoms with van der Waals surface area (Å²) >= 11 is 3.35. The molecule has 3 rings (SSSR count). The van der Waals surface area contributed by atoms with E-state index in [4.69, 9.17) is 4.42 Å². The average molecular weight is 396 g/mol. The summed E-state index contributed by atoms with van der Waals surface area (Å²) in [5.41, 5.74) is 1.02. The molecule has 0 aliphatic heterocycles. The van der Waals surface area contributed by atoms with Crippen molar-refractivity contribution in [1.82, 2.24) is 5.32 Å². The first-order valence-corrected chi connectivity index (χ1v) is 7.83. The summed E-state index contributed by atoms with van der Waals surface area (Å²) in [4.78, 5) is 12.2. The number of alkyl halides is 2. The van der Waals surface area contributed by atoms with Crippen molar-refractivity contribution >= 4 is 32.8 Å². The summed E-state index contributed by atoms with van der Waals surface area (Å²) < 4.78 is 35.5. The molecule has 24 heavy (non-hydrogen) atoms. The fourth-order valence-corrected chi connectivity index (χ4v) is 2.73. The Kier molecular flexibility index (Phi) is 4.80. The lowest BCUT2D eigenvalue weighted by Gasteiger charge is -2.10. The number of halogens is 3. The van der Waals surface area contributed by atoms with Crippen molar-refractivity contribution in [3.8, 4) is 5.75 Å². The van der Waals surface area contributed by atoms with Crippen LogP contribution in [-0.4, -0.2) is 12.5 Å². The van der Waals surface area contributed by atoms with Crippen LogP contribution in [0.3, 0.4) is 0 Å². The lowest BCUT2D eigenvalue weighted by molar-refractivity contribution is -0.0504. The predicted molar refractivity (Wildman–Crippen MR) is 88.2 cm³/mol. The molecule has 1 aromatic heterocycles. The van der Waals surface area contributed by atoms with Crippen molar-refractivity contribution in [2.75, 3.05) is 0 Å². The van der Waals surface area contributed by atoms with Gasteiger partial charge in [0.05, 0.1) is 4.47 Å². The molecule has 0 fully saturated rings. The highest BCUT2D eigenvalue weighted by Crippen LogP contribution is 2.27. The molecule has 2 aromatic carbocycles. The van der Waals surface area contributed by atoms with Gasteiger partial charge in [-0.2, -0.15) is 8.78 Å². The molecule has 0 unspecified atom stereocenters. The summed E-state index contributed by atoms with van der Waals surface area (Å²) in [5.74, 6) is -0.269. The highest BCUT2D eigenvalue weighted by Gasteiger charge is 2.15. The van der Waals surface area contributed by atoms with Crippen LogP contribution in [0.5, 0.6) is 5.75 Å². The van der Waals surface area contributed by atoms with Gasteiger partial charge >= 0.3 is 6.61 Å². The lowest BCUT2D eigenvalue weighted by atomic mass is 10.2. The number of rotatable bonds is 5. The molecule has 0 aliphatic rings. The molecule has 4 nitrogen and oxygen atoms in total. The zero-order valence-corrected chi connectivity index (χ0v) is 13.8. The van der Waals surface area contributed by atoms with Crippen molar-refractivity contribution in [2.24, 2.45) is 0 Å². The van der Waals surface area contributed by atoms with E-state index in [1.54, 1.807) is 24.3 Å². The summed E-state index contributed by atoms with van der Waals surface area (Å²) in [7, 11) is 0. The first kappa shape index (κ1) is 16.4. The first-order chi connectivity index (χ1) is 11.5. The van der Waals surface area contributed by atoms with Gasteiger partial charge in [0.2, 0.25) is 0 Å². The second-order valence-electron chi connectivity index (χ2n) is 4.94. The van der Waals surface area contributed by atoms with Crippen LogP contribution in [0.25, 0.3) is 11.0 Å². The van der Waals surface area contributed by atoms with Crippen molar-refractivity contribution in [1.29, 1.82) is 0 Å². The smallest absolute Gasteiger partial charge is 0.387 e. The van der Waals surface area contributed by atoms with Gasteiger partial charge in [0.1, 0.15) is 11.3 Å². The molecule has 0 spiro atoms. The molecular weight excluding hydrogens is 384 g/mol. The van der Waals surface area contributed by atoms with Crippen LogP contribution in [0.1, 0.15) is 16.1 Å². The number of ether oxygens (including phenoxy) is 1. The number of carbonyl (C=O) groups excluding carboxylic acids is 1. The Labute approximate surface area is 144 Å². The highest BCUT2D eigenvalue weighted by molar-refractivity contribution is 9.10. The first-order valence-electron chi connectivity index (χ1n) is 7.03. The molecule has 1 amide bonds. The maximum atomic E-state index is 12.4. The SMILES string of the molecule is O=C(NCc1ccccc1OC(F)F)c1cc2cccc(Br)c2o1. The van der Waals surface area contributed by atoms with Gasteiger partial charge in [-0.3, -0.25) is 4.79 Å². The van der Waals surface area contributed by atoms with Gasteiger partial charge < -0.3 is 14.5 Å². The van der Waals surface area contributed by atoms with Crippen molar-refractivity contribution in [2.45, 2.75) is 13.2 Å². The van der Waals surface area contributed by atoms with Crippen LogP contribution in [0.4, 0.5) is 8.78 Å². The van der Waals surface area contributed by atoms with Gasteiger partial charge in [0, 0.05) is 17.5 Å². The van der Waals surface area contributed by atoms with Gasteiger partial charge in [-0.1, -0.05) is 30.3 Å². The molecule has 1 N–H and O–H groups in total. The van der Waals surface area contributed by atoms with E-state index < -0.39 is 12.5 Å². The second-order valence-corrected chi connectivity index (χ2v) is 5.79. The minimum atomic E-state index is -2.92. The minimum absolute atomic E-state index is 0.0279. The number of furan rings is 1. The molecule has 0 aliphatic carbocycles. The summed E-state index contributed by atoms with van der Waals surface area (Å²) in [5, 5.41) is 3.42. The summed E-state index contributed by atoms with van der Waals surface area (Å²) in [6.07, 6.45) is 0. The van der Waals surface area contributed by atoms with Gasteiger partial charge in [-0.05, 0) is 34.1 Å². The summed E-state index contributed by atoms with van der Waals surface area (Å²) in [6, 6.07) is 13.4. The molecule has 0 saturated heterocycles. The predicted octanol–water partition coefficient (Wildman–Crippen LogP) is 4.73. The third kappa shape index (κ3) is 3.56.